The van der Waals surface area contributed by atoms with Crippen LogP contribution >= 0.6 is 0 Å². The number of carboxylic acids is 2. The standard InChI is InChI=1S/C8H14O4.Ca.2H/c1-2-3-4-5-6(7(9)10)8(11)12;;;/h6H,2-5H2,1H3,(H,9,10)(H,11,12);;;/q;+2;2*-1. The van der Waals surface area contributed by atoms with Crippen molar-refractivity contribution in [3.63, 3.8) is 0 Å². The van der Waals surface area contributed by atoms with Gasteiger partial charge in [-0.05, 0) is 6.42 Å². The van der Waals surface area contributed by atoms with E-state index < -0.39 is 17.9 Å². The van der Waals surface area contributed by atoms with Gasteiger partial charge in [0.1, 0.15) is 0 Å². The zero-order valence-corrected chi connectivity index (χ0v) is 10.0. The van der Waals surface area contributed by atoms with Crippen molar-refractivity contribution < 1.29 is 22.7 Å². The number of hydrogen-bond donors (Lipinski definition) is 2. The van der Waals surface area contributed by atoms with Crippen molar-refractivity contribution in [1.82, 2.24) is 0 Å². The second-order valence-corrected chi connectivity index (χ2v) is 2.72. The van der Waals surface area contributed by atoms with Crippen LogP contribution in [0.3, 0.4) is 0 Å². The Morgan fingerprint density at radius 3 is 2.00 bits per heavy atom. The number of hydrogen-bond acceptors (Lipinski definition) is 2. The SMILES string of the molecule is CCCCCC(C(=O)O)C(=O)O.[Ca+2].[H-].[H-]. The molecule has 74 valence electrons. The van der Waals surface area contributed by atoms with E-state index in [0.29, 0.717) is 6.42 Å². The molecule has 0 rings (SSSR count). The van der Waals surface area contributed by atoms with Crippen LogP contribution in [-0.4, -0.2) is 59.9 Å². The maximum atomic E-state index is 10.4. The van der Waals surface area contributed by atoms with Gasteiger partial charge < -0.3 is 13.1 Å². The van der Waals surface area contributed by atoms with Crippen molar-refractivity contribution >= 4 is 49.7 Å². The number of carbonyl (C=O) groups is 2. The summed E-state index contributed by atoms with van der Waals surface area (Å²) in [5.74, 6) is -3.70. The molecular formula is C8H16CaO4. The second kappa shape index (κ2) is 8.78. The summed E-state index contributed by atoms with van der Waals surface area (Å²) >= 11 is 0. The summed E-state index contributed by atoms with van der Waals surface area (Å²) in [7, 11) is 0. The Morgan fingerprint density at radius 2 is 1.69 bits per heavy atom. The van der Waals surface area contributed by atoms with Gasteiger partial charge in [-0.25, -0.2) is 0 Å². The first-order valence-electron chi connectivity index (χ1n) is 4.05. The largest absolute Gasteiger partial charge is 2.00 e. The molecule has 0 heterocycles. The molecule has 0 aromatic heterocycles. The summed E-state index contributed by atoms with van der Waals surface area (Å²) in [6.07, 6.45) is 2.75. The Labute approximate surface area is 110 Å². The Morgan fingerprint density at radius 1 is 1.23 bits per heavy atom. The molecule has 0 amide bonds. The van der Waals surface area contributed by atoms with Gasteiger partial charge in [0.05, 0.1) is 0 Å². The molecule has 2 N–H and O–H groups in total. The van der Waals surface area contributed by atoms with Crippen molar-refractivity contribution in [3.05, 3.63) is 0 Å². The predicted octanol–water partition coefficient (Wildman–Crippen LogP) is 1.20. The molecular weight excluding hydrogens is 200 g/mol. The second-order valence-electron chi connectivity index (χ2n) is 2.72. The molecule has 13 heavy (non-hydrogen) atoms. The van der Waals surface area contributed by atoms with E-state index in [9.17, 15) is 9.59 Å². The Balaban J connectivity index is -0.000000202. The molecule has 4 nitrogen and oxygen atoms in total. The van der Waals surface area contributed by atoms with Crippen LogP contribution in [0, 0.1) is 5.92 Å². The monoisotopic (exact) mass is 216 g/mol. The van der Waals surface area contributed by atoms with Crippen molar-refractivity contribution in [2.45, 2.75) is 32.6 Å². The molecule has 0 atom stereocenters. The number of carboxylic acid groups (broad SMARTS) is 2. The van der Waals surface area contributed by atoms with E-state index in [4.69, 9.17) is 10.2 Å². The average molecular weight is 216 g/mol. The third-order valence-corrected chi connectivity index (χ3v) is 1.69. The molecule has 5 heteroatoms. The molecule has 0 aromatic rings. The molecule has 0 saturated carbocycles. The van der Waals surface area contributed by atoms with E-state index >= 15 is 0 Å². The molecule has 0 aliphatic rings. The van der Waals surface area contributed by atoms with Crippen LogP contribution in [0.15, 0.2) is 0 Å². The quantitative estimate of drug-likeness (QED) is 0.397. The van der Waals surface area contributed by atoms with Crippen LogP contribution in [0.5, 0.6) is 0 Å². The summed E-state index contributed by atoms with van der Waals surface area (Å²) in [4.78, 5) is 20.7. The fraction of sp³-hybridized carbons (Fsp3) is 0.750. The normalized spacial score (nSPS) is 9.38. The predicted molar refractivity (Wildman–Crippen MR) is 50.9 cm³/mol. The minimum atomic E-state index is -1.24. The van der Waals surface area contributed by atoms with Gasteiger partial charge in [-0.3, -0.25) is 9.59 Å². The van der Waals surface area contributed by atoms with Gasteiger partial charge >= 0.3 is 49.7 Å². The van der Waals surface area contributed by atoms with Crippen molar-refractivity contribution in [3.8, 4) is 0 Å². The smallest absolute Gasteiger partial charge is 1.00 e. The zero-order chi connectivity index (χ0) is 9.56. The average Bonchev–Trinajstić information content (AvgIpc) is 1.96. The van der Waals surface area contributed by atoms with E-state index in [-0.39, 0.29) is 47.0 Å². The van der Waals surface area contributed by atoms with Gasteiger partial charge in [0.25, 0.3) is 0 Å². The van der Waals surface area contributed by atoms with Gasteiger partial charge in [0.15, 0.2) is 5.92 Å². The third kappa shape index (κ3) is 7.28. The Bertz CT molecular complexity index is 164. The summed E-state index contributed by atoms with van der Waals surface area (Å²) in [5, 5.41) is 16.9. The molecule has 0 bridgehead atoms. The van der Waals surface area contributed by atoms with Crippen molar-refractivity contribution in [1.29, 1.82) is 0 Å². The maximum absolute atomic E-state index is 10.4. The molecule has 0 unspecified atom stereocenters. The van der Waals surface area contributed by atoms with E-state index in [2.05, 4.69) is 0 Å². The number of unbranched alkanes of at least 4 members (excludes halogenated alkanes) is 2. The zero-order valence-electron chi connectivity index (χ0n) is 9.82. The summed E-state index contributed by atoms with van der Waals surface area (Å²) in [6.45, 7) is 1.98. The summed E-state index contributed by atoms with van der Waals surface area (Å²) < 4.78 is 0. The molecule has 0 aliphatic heterocycles. The number of rotatable bonds is 6. The van der Waals surface area contributed by atoms with Crippen molar-refractivity contribution in [2.75, 3.05) is 0 Å². The fourth-order valence-electron chi connectivity index (χ4n) is 0.951. The van der Waals surface area contributed by atoms with Gasteiger partial charge in [0.2, 0.25) is 0 Å². The van der Waals surface area contributed by atoms with Crippen LogP contribution in [-0.2, 0) is 9.59 Å². The molecule has 0 spiro atoms. The topological polar surface area (TPSA) is 74.6 Å². The van der Waals surface area contributed by atoms with Crippen molar-refractivity contribution in [2.24, 2.45) is 5.92 Å². The van der Waals surface area contributed by atoms with Crippen LogP contribution in [0.4, 0.5) is 0 Å². The van der Waals surface area contributed by atoms with Gasteiger partial charge in [-0.15, -0.1) is 0 Å². The molecule has 0 saturated heterocycles. The van der Waals surface area contributed by atoms with Gasteiger partial charge in [-0.2, -0.15) is 0 Å². The van der Waals surface area contributed by atoms with Crippen LogP contribution in [0.25, 0.3) is 0 Å². The Hall–Kier alpha value is 0.200. The van der Waals surface area contributed by atoms with Gasteiger partial charge in [0, 0.05) is 0 Å². The Kier molecular flexibility index (Phi) is 10.6. The number of aliphatic carboxylic acids is 2. The van der Waals surface area contributed by atoms with Crippen LogP contribution in [0.1, 0.15) is 35.5 Å². The summed E-state index contributed by atoms with van der Waals surface area (Å²) in [5.41, 5.74) is 0. The minimum absolute atomic E-state index is 0. The van der Waals surface area contributed by atoms with Crippen LogP contribution in [0.2, 0.25) is 0 Å². The molecule has 0 aliphatic carbocycles. The molecule has 0 radical (unpaired) electrons. The van der Waals surface area contributed by atoms with Gasteiger partial charge in [-0.1, -0.05) is 26.2 Å². The molecule has 0 aromatic carbocycles. The van der Waals surface area contributed by atoms with E-state index in [1.807, 2.05) is 6.92 Å². The third-order valence-electron chi connectivity index (χ3n) is 1.69. The maximum Gasteiger partial charge on any atom is 2.00 e. The molecule has 0 fully saturated rings. The first kappa shape index (κ1) is 15.7. The first-order valence-corrected chi connectivity index (χ1v) is 4.05. The van der Waals surface area contributed by atoms with E-state index in [1.165, 1.54) is 0 Å². The van der Waals surface area contributed by atoms with E-state index in [0.717, 1.165) is 12.8 Å². The van der Waals surface area contributed by atoms with Crippen LogP contribution < -0.4 is 0 Å². The summed E-state index contributed by atoms with van der Waals surface area (Å²) in [6, 6.07) is 0. The minimum Gasteiger partial charge on any atom is -1.00 e. The van der Waals surface area contributed by atoms with E-state index in [1.54, 1.807) is 0 Å². The fourth-order valence-corrected chi connectivity index (χ4v) is 0.951. The first-order chi connectivity index (χ1) is 5.59.